The molecule has 0 fully saturated rings. The smallest absolute Gasteiger partial charge is 0.267 e. The van der Waals surface area contributed by atoms with Crippen LogP contribution in [0.15, 0.2) is 0 Å². The van der Waals surface area contributed by atoms with Crippen molar-refractivity contribution in [3.63, 3.8) is 0 Å². The first-order chi connectivity index (χ1) is 10.9. The highest BCUT2D eigenvalue weighted by Gasteiger charge is 2.15. The van der Waals surface area contributed by atoms with Crippen molar-refractivity contribution >= 4 is 10.1 Å². The molecule has 2 atom stereocenters. The second kappa shape index (κ2) is 14.2. The Labute approximate surface area is 143 Å². The van der Waals surface area contributed by atoms with Crippen molar-refractivity contribution in [2.45, 2.75) is 115 Å². The molecule has 0 aliphatic rings. The van der Waals surface area contributed by atoms with Gasteiger partial charge in [-0.2, -0.15) is 8.42 Å². The standard InChI is InChI=1S/C18H38O4S/c1-3-4-11-15-18(19)16-13-10-8-6-5-7-9-12-14-17(2)23(20,21)22/h17-19H,3-16H2,1-2H3,(H,20,21,22). The van der Waals surface area contributed by atoms with Gasteiger partial charge in [0.15, 0.2) is 0 Å². The van der Waals surface area contributed by atoms with Crippen molar-refractivity contribution in [2.75, 3.05) is 0 Å². The van der Waals surface area contributed by atoms with Crippen LogP contribution in [-0.2, 0) is 10.1 Å². The lowest BCUT2D eigenvalue weighted by Crippen LogP contribution is -2.16. The van der Waals surface area contributed by atoms with Gasteiger partial charge >= 0.3 is 0 Å². The molecule has 0 saturated heterocycles. The second-order valence-electron chi connectivity index (χ2n) is 6.88. The van der Waals surface area contributed by atoms with E-state index in [1.165, 1.54) is 38.5 Å². The fraction of sp³-hybridized carbons (Fsp3) is 1.00. The first kappa shape index (κ1) is 22.9. The van der Waals surface area contributed by atoms with Crippen molar-refractivity contribution in [1.29, 1.82) is 0 Å². The molecule has 0 bridgehead atoms. The topological polar surface area (TPSA) is 74.6 Å². The molecule has 0 aromatic rings. The summed E-state index contributed by atoms with van der Waals surface area (Å²) in [6.07, 6.45) is 14.9. The first-order valence-electron chi connectivity index (χ1n) is 9.52. The van der Waals surface area contributed by atoms with E-state index in [0.29, 0.717) is 6.42 Å². The summed E-state index contributed by atoms with van der Waals surface area (Å²) in [6.45, 7) is 3.74. The Balaban J connectivity index is 3.28. The highest BCUT2D eigenvalue weighted by molar-refractivity contribution is 7.86. The molecule has 0 aromatic heterocycles. The summed E-state index contributed by atoms with van der Waals surface area (Å²) in [6, 6.07) is 0. The molecule has 0 radical (unpaired) electrons. The van der Waals surface area contributed by atoms with Crippen LogP contribution in [0.1, 0.15) is 104 Å². The average Bonchev–Trinajstić information content (AvgIpc) is 2.48. The van der Waals surface area contributed by atoms with Crippen molar-refractivity contribution in [1.82, 2.24) is 0 Å². The van der Waals surface area contributed by atoms with E-state index in [2.05, 4.69) is 6.92 Å². The number of aliphatic hydroxyl groups excluding tert-OH is 1. The molecule has 0 aliphatic carbocycles. The number of aliphatic hydroxyl groups is 1. The fourth-order valence-corrected chi connectivity index (χ4v) is 3.26. The molecule has 0 heterocycles. The molecule has 140 valence electrons. The van der Waals surface area contributed by atoms with Gasteiger partial charge in [-0.05, 0) is 26.2 Å². The van der Waals surface area contributed by atoms with Gasteiger partial charge in [-0.3, -0.25) is 4.55 Å². The molecule has 2 N–H and O–H groups in total. The third-order valence-corrected chi connectivity index (χ3v) is 5.80. The van der Waals surface area contributed by atoms with Crippen LogP contribution in [0.2, 0.25) is 0 Å². The Kier molecular flexibility index (Phi) is 14.2. The molecule has 5 heteroatoms. The molecular formula is C18H38O4S. The van der Waals surface area contributed by atoms with Crippen LogP contribution in [0, 0.1) is 0 Å². The summed E-state index contributed by atoms with van der Waals surface area (Å²) >= 11 is 0. The van der Waals surface area contributed by atoms with Crippen LogP contribution in [0.5, 0.6) is 0 Å². The maximum absolute atomic E-state index is 10.9. The van der Waals surface area contributed by atoms with Crippen molar-refractivity contribution in [3.05, 3.63) is 0 Å². The van der Waals surface area contributed by atoms with E-state index < -0.39 is 15.4 Å². The summed E-state index contributed by atoms with van der Waals surface area (Å²) in [5.41, 5.74) is 0. The Hall–Kier alpha value is -0.130. The number of rotatable bonds is 16. The van der Waals surface area contributed by atoms with Gasteiger partial charge in [-0.1, -0.05) is 77.6 Å². The summed E-state index contributed by atoms with van der Waals surface area (Å²) in [5, 5.41) is 9.18. The van der Waals surface area contributed by atoms with Crippen LogP contribution < -0.4 is 0 Å². The summed E-state index contributed by atoms with van der Waals surface area (Å²) in [7, 11) is -3.85. The van der Waals surface area contributed by atoms with Gasteiger partial charge in [-0.15, -0.1) is 0 Å². The van der Waals surface area contributed by atoms with E-state index >= 15 is 0 Å². The first-order valence-corrected chi connectivity index (χ1v) is 11.0. The highest BCUT2D eigenvalue weighted by atomic mass is 32.2. The molecule has 0 rings (SSSR count). The van der Waals surface area contributed by atoms with Crippen LogP contribution in [0.25, 0.3) is 0 Å². The Morgan fingerprint density at radius 1 is 0.739 bits per heavy atom. The highest BCUT2D eigenvalue weighted by Crippen LogP contribution is 2.15. The molecule has 0 aromatic carbocycles. The maximum Gasteiger partial charge on any atom is 0.267 e. The van der Waals surface area contributed by atoms with E-state index in [4.69, 9.17) is 4.55 Å². The predicted molar refractivity (Wildman–Crippen MR) is 97.3 cm³/mol. The van der Waals surface area contributed by atoms with Crippen LogP contribution >= 0.6 is 0 Å². The fourth-order valence-electron chi connectivity index (χ4n) is 2.80. The Bertz CT molecular complexity index is 354. The lowest BCUT2D eigenvalue weighted by molar-refractivity contribution is 0.147. The monoisotopic (exact) mass is 350 g/mol. The van der Waals surface area contributed by atoms with Gasteiger partial charge in [0, 0.05) is 0 Å². The third-order valence-electron chi connectivity index (χ3n) is 4.55. The molecule has 0 spiro atoms. The zero-order valence-corrected chi connectivity index (χ0v) is 16.0. The van der Waals surface area contributed by atoms with Gasteiger partial charge < -0.3 is 5.11 Å². The van der Waals surface area contributed by atoms with E-state index in [0.717, 1.165) is 44.9 Å². The molecule has 0 amide bonds. The van der Waals surface area contributed by atoms with E-state index in [1.807, 2.05) is 0 Å². The Morgan fingerprint density at radius 3 is 1.57 bits per heavy atom. The number of unbranched alkanes of at least 4 members (excludes halogenated alkanes) is 9. The zero-order chi connectivity index (χ0) is 17.6. The summed E-state index contributed by atoms with van der Waals surface area (Å²) < 4.78 is 30.6. The van der Waals surface area contributed by atoms with E-state index in [-0.39, 0.29) is 6.10 Å². The molecule has 4 nitrogen and oxygen atoms in total. The minimum absolute atomic E-state index is 0.105. The maximum atomic E-state index is 10.9. The SMILES string of the molecule is CCCCCC(O)CCCCCCCCCCC(C)S(=O)(=O)O. The van der Waals surface area contributed by atoms with Gasteiger partial charge in [0.05, 0.1) is 11.4 Å². The summed E-state index contributed by atoms with van der Waals surface area (Å²) in [4.78, 5) is 0. The minimum Gasteiger partial charge on any atom is -0.393 e. The molecular weight excluding hydrogens is 312 g/mol. The lowest BCUT2D eigenvalue weighted by Gasteiger charge is -2.10. The van der Waals surface area contributed by atoms with Gasteiger partial charge in [0.2, 0.25) is 0 Å². The van der Waals surface area contributed by atoms with Gasteiger partial charge in [-0.25, -0.2) is 0 Å². The van der Waals surface area contributed by atoms with E-state index in [9.17, 15) is 13.5 Å². The quantitative estimate of drug-likeness (QED) is 0.300. The third kappa shape index (κ3) is 15.2. The Morgan fingerprint density at radius 2 is 1.13 bits per heavy atom. The number of hydrogen-bond donors (Lipinski definition) is 2. The second-order valence-corrected chi connectivity index (χ2v) is 8.72. The molecule has 0 saturated carbocycles. The van der Waals surface area contributed by atoms with Gasteiger partial charge in [0.1, 0.15) is 0 Å². The van der Waals surface area contributed by atoms with Crippen molar-refractivity contribution in [2.24, 2.45) is 0 Å². The summed E-state index contributed by atoms with van der Waals surface area (Å²) in [5.74, 6) is 0. The van der Waals surface area contributed by atoms with Crippen molar-refractivity contribution in [3.8, 4) is 0 Å². The number of hydrogen-bond acceptors (Lipinski definition) is 3. The average molecular weight is 351 g/mol. The lowest BCUT2D eigenvalue weighted by atomic mass is 10.0. The zero-order valence-electron chi connectivity index (χ0n) is 15.2. The largest absolute Gasteiger partial charge is 0.393 e. The van der Waals surface area contributed by atoms with Crippen LogP contribution in [-0.4, -0.2) is 29.4 Å². The van der Waals surface area contributed by atoms with E-state index in [1.54, 1.807) is 6.92 Å². The van der Waals surface area contributed by atoms with Crippen LogP contribution in [0.4, 0.5) is 0 Å². The van der Waals surface area contributed by atoms with Crippen molar-refractivity contribution < 1.29 is 18.1 Å². The van der Waals surface area contributed by atoms with Gasteiger partial charge in [0.25, 0.3) is 10.1 Å². The van der Waals surface area contributed by atoms with Crippen LogP contribution in [0.3, 0.4) is 0 Å². The minimum atomic E-state index is -3.85. The molecule has 23 heavy (non-hydrogen) atoms. The molecule has 2 unspecified atom stereocenters. The molecule has 0 aliphatic heterocycles. The normalized spacial score (nSPS) is 14.8. The predicted octanol–water partition coefficient (Wildman–Crippen LogP) is 5.10.